The highest BCUT2D eigenvalue weighted by molar-refractivity contribution is 6.34. The van der Waals surface area contributed by atoms with Crippen LogP contribution in [0.2, 0.25) is 5.02 Å². The zero-order chi connectivity index (χ0) is 20.1. The van der Waals surface area contributed by atoms with Crippen molar-refractivity contribution in [3.05, 3.63) is 63.2 Å². The van der Waals surface area contributed by atoms with Gasteiger partial charge in [-0.1, -0.05) is 11.6 Å². The van der Waals surface area contributed by atoms with Gasteiger partial charge in [-0.3, -0.25) is 14.9 Å². The molecule has 1 amide bonds. The number of hydrogen-bond acceptors (Lipinski definition) is 6. The number of anilines is 2. The fourth-order valence-corrected chi connectivity index (χ4v) is 2.35. The first kappa shape index (κ1) is 20.2. The molecule has 1 atom stereocenters. The summed E-state index contributed by atoms with van der Waals surface area (Å²) >= 11 is 5.93. The molecule has 0 aromatic heterocycles. The Labute approximate surface area is 160 Å². The monoisotopic (exact) mass is 391 g/mol. The summed E-state index contributed by atoms with van der Waals surface area (Å²) in [5.74, 6) is -1.25. The van der Waals surface area contributed by atoms with Crippen molar-refractivity contribution in [3.8, 4) is 0 Å². The predicted octanol–water partition coefficient (Wildman–Crippen LogP) is 3.50. The van der Waals surface area contributed by atoms with Crippen molar-refractivity contribution in [2.75, 3.05) is 24.3 Å². The van der Waals surface area contributed by atoms with E-state index >= 15 is 0 Å². The molecule has 0 aliphatic carbocycles. The highest BCUT2D eigenvalue weighted by Crippen LogP contribution is 2.26. The maximum atomic E-state index is 12.2. The van der Waals surface area contributed by atoms with Crippen LogP contribution >= 0.6 is 11.6 Å². The molecule has 9 heteroatoms. The van der Waals surface area contributed by atoms with Crippen LogP contribution in [0.4, 0.5) is 17.1 Å². The smallest absolute Gasteiger partial charge is 0.338 e. The molecule has 0 heterocycles. The van der Waals surface area contributed by atoms with Gasteiger partial charge in [-0.25, -0.2) is 4.79 Å². The van der Waals surface area contributed by atoms with E-state index in [1.54, 1.807) is 24.3 Å². The number of nitro groups is 1. The SMILES string of the molecule is C[C@@H](OC(=O)c1ccc(N(C)C)cc1)C(=O)Nc1ccc([N+](=O)[O-])cc1Cl. The van der Waals surface area contributed by atoms with Gasteiger partial charge in [0.15, 0.2) is 6.10 Å². The Hall–Kier alpha value is -3.13. The maximum absolute atomic E-state index is 12.2. The number of rotatable bonds is 6. The van der Waals surface area contributed by atoms with Gasteiger partial charge in [0.05, 0.1) is 21.2 Å². The number of nitrogens with one attached hydrogen (secondary N) is 1. The van der Waals surface area contributed by atoms with Crippen LogP contribution in [-0.4, -0.2) is 37.0 Å². The number of benzene rings is 2. The van der Waals surface area contributed by atoms with E-state index in [1.165, 1.54) is 19.1 Å². The molecule has 2 aromatic rings. The molecule has 142 valence electrons. The van der Waals surface area contributed by atoms with E-state index in [1.807, 2.05) is 19.0 Å². The van der Waals surface area contributed by atoms with Gasteiger partial charge < -0.3 is 15.0 Å². The molecular weight excluding hydrogens is 374 g/mol. The third-order valence-electron chi connectivity index (χ3n) is 3.69. The Morgan fingerprint density at radius 2 is 1.81 bits per heavy atom. The molecule has 0 radical (unpaired) electrons. The van der Waals surface area contributed by atoms with Crippen LogP contribution in [0.1, 0.15) is 17.3 Å². The van der Waals surface area contributed by atoms with Gasteiger partial charge in [0.2, 0.25) is 0 Å². The van der Waals surface area contributed by atoms with Crippen molar-refractivity contribution in [2.24, 2.45) is 0 Å². The molecule has 1 N–H and O–H groups in total. The summed E-state index contributed by atoms with van der Waals surface area (Å²) in [6.07, 6.45) is -1.09. The second kappa shape index (κ2) is 8.50. The molecule has 0 aliphatic rings. The minimum atomic E-state index is -1.09. The molecule has 0 fully saturated rings. The van der Waals surface area contributed by atoms with Crippen LogP contribution < -0.4 is 10.2 Å². The molecule has 8 nitrogen and oxygen atoms in total. The number of esters is 1. The van der Waals surface area contributed by atoms with E-state index in [0.29, 0.717) is 5.56 Å². The summed E-state index contributed by atoms with van der Waals surface area (Å²) < 4.78 is 5.16. The molecule has 2 rings (SSSR count). The number of amides is 1. The van der Waals surface area contributed by atoms with E-state index < -0.39 is 22.9 Å². The van der Waals surface area contributed by atoms with Crippen LogP contribution in [0.15, 0.2) is 42.5 Å². The van der Waals surface area contributed by atoms with Crippen LogP contribution in [0.5, 0.6) is 0 Å². The van der Waals surface area contributed by atoms with E-state index in [4.69, 9.17) is 16.3 Å². The highest BCUT2D eigenvalue weighted by Gasteiger charge is 2.20. The van der Waals surface area contributed by atoms with Crippen LogP contribution in [0, 0.1) is 10.1 Å². The fourth-order valence-electron chi connectivity index (χ4n) is 2.13. The molecule has 0 spiro atoms. The second-order valence-corrected chi connectivity index (χ2v) is 6.31. The summed E-state index contributed by atoms with van der Waals surface area (Å²) in [6.45, 7) is 1.42. The zero-order valence-corrected chi connectivity index (χ0v) is 15.7. The van der Waals surface area contributed by atoms with E-state index in [9.17, 15) is 19.7 Å². The lowest BCUT2D eigenvalue weighted by molar-refractivity contribution is -0.384. The average Bonchev–Trinajstić information content (AvgIpc) is 2.63. The van der Waals surface area contributed by atoms with Crippen molar-refractivity contribution in [1.82, 2.24) is 0 Å². The summed E-state index contributed by atoms with van der Waals surface area (Å²) in [5, 5.41) is 13.2. The number of nitrogens with zero attached hydrogens (tertiary/aromatic N) is 2. The van der Waals surface area contributed by atoms with E-state index in [2.05, 4.69) is 5.32 Å². The van der Waals surface area contributed by atoms with E-state index in [-0.39, 0.29) is 16.4 Å². The maximum Gasteiger partial charge on any atom is 0.338 e. The molecule has 0 bridgehead atoms. The van der Waals surface area contributed by atoms with E-state index in [0.717, 1.165) is 11.8 Å². The molecular formula is C18H18ClN3O5. The summed E-state index contributed by atoms with van der Waals surface area (Å²) in [4.78, 5) is 36.4. The van der Waals surface area contributed by atoms with Gasteiger partial charge in [0, 0.05) is 31.9 Å². The average molecular weight is 392 g/mol. The van der Waals surface area contributed by atoms with Gasteiger partial charge in [0.25, 0.3) is 11.6 Å². The van der Waals surface area contributed by atoms with Crippen molar-refractivity contribution >= 4 is 40.5 Å². The summed E-state index contributed by atoms with van der Waals surface area (Å²) in [5.41, 5.74) is 1.22. The standard InChI is InChI=1S/C18H18ClN3O5/c1-11(27-18(24)12-4-6-13(7-5-12)21(2)3)17(23)20-16-9-8-14(22(25)26)10-15(16)19/h4-11H,1-3H3,(H,20,23)/t11-/m1/s1. The Balaban J connectivity index is 2.00. The Bertz CT molecular complexity index is 868. The number of hydrogen-bond donors (Lipinski definition) is 1. The third kappa shape index (κ3) is 5.18. The molecule has 0 aliphatic heterocycles. The number of carbonyl (C=O) groups excluding carboxylic acids is 2. The van der Waals surface area contributed by atoms with Gasteiger partial charge in [-0.2, -0.15) is 0 Å². The Morgan fingerprint density at radius 1 is 1.19 bits per heavy atom. The fraction of sp³-hybridized carbons (Fsp3) is 0.222. The van der Waals surface area contributed by atoms with Crippen molar-refractivity contribution in [2.45, 2.75) is 13.0 Å². The molecule has 27 heavy (non-hydrogen) atoms. The predicted molar refractivity (Wildman–Crippen MR) is 102 cm³/mol. The number of nitro benzene ring substituents is 1. The third-order valence-corrected chi connectivity index (χ3v) is 4.01. The first-order chi connectivity index (χ1) is 12.7. The lowest BCUT2D eigenvalue weighted by Crippen LogP contribution is -2.30. The zero-order valence-electron chi connectivity index (χ0n) is 14.9. The minimum Gasteiger partial charge on any atom is -0.449 e. The van der Waals surface area contributed by atoms with Crippen LogP contribution in [0.25, 0.3) is 0 Å². The lowest BCUT2D eigenvalue weighted by Gasteiger charge is -2.15. The molecule has 0 saturated carbocycles. The number of carbonyl (C=O) groups is 2. The normalized spacial score (nSPS) is 11.4. The summed E-state index contributed by atoms with van der Waals surface area (Å²) in [7, 11) is 3.76. The topological polar surface area (TPSA) is 102 Å². The lowest BCUT2D eigenvalue weighted by atomic mass is 10.2. The largest absolute Gasteiger partial charge is 0.449 e. The first-order valence-electron chi connectivity index (χ1n) is 7.92. The van der Waals surface area contributed by atoms with Gasteiger partial charge in [0.1, 0.15) is 0 Å². The highest BCUT2D eigenvalue weighted by atomic mass is 35.5. The minimum absolute atomic E-state index is 0.00958. The second-order valence-electron chi connectivity index (χ2n) is 5.90. The van der Waals surface area contributed by atoms with Crippen molar-refractivity contribution in [1.29, 1.82) is 0 Å². The number of ether oxygens (including phenoxy) is 1. The summed E-state index contributed by atoms with van der Waals surface area (Å²) in [6, 6.07) is 10.4. The Kier molecular flexibility index (Phi) is 6.36. The Morgan fingerprint density at radius 3 is 2.33 bits per heavy atom. The first-order valence-corrected chi connectivity index (χ1v) is 8.30. The van der Waals surface area contributed by atoms with Gasteiger partial charge >= 0.3 is 5.97 Å². The van der Waals surface area contributed by atoms with Gasteiger partial charge in [-0.15, -0.1) is 0 Å². The molecule has 2 aromatic carbocycles. The van der Waals surface area contributed by atoms with Crippen molar-refractivity contribution in [3.63, 3.8) is 0 Å². The number of halogens is 1. The number of non-ortho nitro benzene ring substituents is 1. The quantitative estimate of drug-likeness (QED) is 0.459. The van der Waals surface area contributed by atoms with Crippen LogP contribution in [-0.2, 0) is 9.53 Å². The van der Waals surface area contributed by atoms with Crippen LogP contribution in [0.3, 0.4) is 0 Å². The van der Waals surface area contributed by atoms with Gasteiger partial charge in [-0.05, 0) is 37.3 Å². The van der Waals surface area contributed by atoms with Crippen molar-refractivity contribution < 1.29 is 19.2 Å². The molecule has 0 saturated heterocycles. The molecule has 0 unspecified atom stereocenters.